The van der Waals surface area contributed by atoms with Gasteiger partial charge in [-0.1, -0.05) is 42.5 Å². The van der Waals surface area contributed by atoms with E-state index in [1.165, 1.54) is 6.08 Å². The van der Waals surface area contributed by atoms with Crippen molar-refractivity contribution in [1.29, 1.82) is 0 Å². The molecule has 0 radical (unpaired) electrons. The van der Waals surface area contributed by atoms with Gasteiger partial charge in [-0.15, -0.1) is 0 Å². The van der Waals surface area contributed by atoms with Crippen molar-refractivity contribution in [2.24, 2.45) is 0 Å². The van der Waals surface area contributed by atoms with E-state index < -0.39 is 0 Å². The molecular weight excluding hydrogens is 290 g/mol. The first kappa shape index (κ1) is 16.5. The minimum absolute atomic E-state index is 0.130. The van der Waals surface area contributed by atoms with Crippen LogP contribution in [0.3, 0.4) is 0 Å². The Morgan fingerprint density at radius 2 is 1.74 bits per heavy atom. The minimum atomic E-state index is -0.378. The van der Waals surface area contributed by atoms with Gasteiger partial charge in [0.1, 0.15) is 0 Å². The van der Waals surface area contributed by atoms with Gasteiger partial charge < -0.3 is 10.1 Å². The molecule has 0 fully saturated rings. The molecule has 2 rings (SSSR count). The van der Waals surface area contributed by atoms with Gasteiger partial charge in [0.05, 0.1) is 6.61 Å². The van der Waals surface area contributed by atoms with Crippen LogP contribution in [0.5, 0.6) is 0 Å². The van der Waals surface area contributed by atoms with Crippen LogP contribution < -0.4 is 5.32 Å². The maximum absolute atomic E-state index is 12.1. The highest BCUT2D eigenvalue weighted by molar-refractivity contribution is 5.94. The van der Waals surface area contributed by atoms with E-state index in [2.05, 4.69) is 5.32 Å². The van der Waals surface area contributed by atoms with E-state index in [0.29, 0.717) is 18.7 Å². The summed E-state index contributed by atoms with van der Waals surface area (Å²) in [6, 6.07) is 16.8. The maximum Gasteiger partial charge on any atom is 0.330 e. The molecule has 2 aromatic carbocycles. The summed E-state index contributed by atoms with van der Waals surface area (Å²) in [6.07, 6.45) is 3.03. The smallest absolute Gasteiger partial charge is 0.330 e. The highest BCUT2D eigenvalue weighted by Crippen LogP contribution is 2.07. The lowest BCUT2D eigenvalue weighted by Crippen LogP contribution is -2.22. The first-order valence-electron chi connectivity index (χ1n) is 7.46. The van der Waals surface area contributed by atoms with E-state index in [1.54, 1.807) is 37.3 Å². The van der Waals surface area contributed by atoms with E-state index in [0.717, 1.165) is 11.1 Å². The molecule has 0 bridgehead atoms. The fourth-order valence-corrected chi connectivity index (χ4v) is 1.98. The average Bonchev–Trinajstić information content (AvgIpc) is 2.59. The van der Waals surface area contributed by atoms with Crippen LogP contribution in [0.25, 0.3) is 6.08 Å². The van der Waals surface area contributed by atoms with E-state index >= 15 is 0 Å². The molecule has 118 valence electrons. The Labute approximate surface area is 135 Å². The lowest BCUT2D eigenvalue weighted by atomic mass is 10.1. The predicted octanol–water partition coefficient (Wildman–Crippen LogP) is 3.19. The maximum atomic E-state index is 12.1. The Balaban J connectivity index is 1.91. The Morgan fingerprint density at radius 3 is 2.39 bits per heavy atom. The van der Waals surface area contributed by atoms with Gasteiger partial charge in [0, 0.05) is 18.2 Å². The van der Waals surface area contributed by atoms with Crippen LogP contribution >= 0.6 is 0 Å². The second-order valence-electron chi connectivity index (χ2n) is 4.88. The number of carbonyl (C=O) groups is 2. The van der Waals surface area contributed by atoms with Crippen LogP contribution in [0.1, 0.15) is 28.4 Å². The summed E-state index contributed by atoms with van der Waals surface area (Å²) in [6.45, 7) is 2.60. The van der Waals surface area contributed by atoms with Gasteiger partial charge >= 0.3 is 5.97 Å². The zero-order valence-electron chi connectivity index (χ0n) is 13.0. The summed E-state index contributed by atoms with van der Waals surface area (Å²) in [5, 5.41) is 2.87. The van der Waals surface area contributed by atoms with Gasteiger partial charge in [-0.2, -0.15) is 0 Å². The number of rotatable bonds is 6. The van der Waals surface area contributed by atoms with Crippen LogP contribution in [0.15, 0.2) is 60.7 Å². The molecule has 0 aliphatic carbocycles. The highest BCUT2D eigenvalue weighted by Gasteiger charge is 2.04. The lowest BCUT2D eigenvalue weighted by molar-refractivity contribution is -0.137. The SMILES string of the molecule is CCOC(=O)C=Cc1ccc(C(=O)NCc2ccccc2)cc1. The van der Waals surface area contributed by atoms with Crippen LogP contribution in [-0.4, -0.2) is 18.5 Å². The van der Waals surface area contributed by atoms with Crippen molar-refractivity contribution in [1.82, 2.24) is 5.32 Å². The Hall–Kier alpha value is -2.88. The number of carbonyl (C=O) groups excluding carboxylic acids is 2. The van der Waals surface area contributed by atoms with Crippen molar-refractivity contribution in [2.75, 3.05) is 6.61 Å². The van der Waals surface area contributed by atoms with Crippen molar-refractivity contribution in [3.8, 4) is 0 Å². The van der Waals surface area contributed by atoms with Crippen LogP contribution in [0.2, 0.25) is 0 Å². The molecular formula is C19H19NO3. The van der Waals surface area contributed by atoms with Gasteiger partial charge in [0.2, 0.25) is 0 Å². The molecule has 2 aromatic rings. The third-order valence-electron chi connectivity index (χ3n) is 3.17. The van der Waals surface area contributed by atoms with Gasteiger partial charge in [0.15, 0.2) is 0 Å². The topological polar surface area (TPSA) is 55.4 Å². The van der Waals surface area contributed by atoms with Crippen molar-refractivity contribution >= 4 is 18.0 Å². The second kappa shape index (κ2) is 8.54. The number of ether oxygens (including phenoxy) is 1. The normalized spacial score (nSPS) is 10.5. The quantitative estimate of drug-likeness (QED) is 0.658. The molecule has 23 heavy (non-hydrogen) atoms. The van der Waals surface area contributed by atoms with Crippen LogP contribution in [0, 0.1) is 0 Å². The fourth-order valence-electron chi connectivity index (χ4n) is 1.98. The summed E-state index contributed by atoms with van der Waals surface area (Å²) in [4.78, 5) is 23.3. The molecule has 0 spiro atoms. The molecule has 0 aliphatic heterocycles. The Kier molecular flexibility index (Phi) is 6.12. The summed E-state index contributed by atoms with van der Waals surface area (Å²) in [7, 11) is 0. The second-order valence-corrected chi connectivity index (χ2v) is 4.88. The summed E-state index contributed by atoms with van der Waals surface area (Å²) >= 11 is 0. The third-order valence-corrected chi connectivity index (χ3v) is 3.17. The predicted molar refractivity (Wildman–Crippen MR) is 89.7 cm³/mol. The van der Waals surface area contributed by atoms with E-state index in [-0.39, 0.29) is 11.9 Å². The molecule has 1 amide bonds. The summed E-state index contributed by atoms with van der Waals surface area (Å²) in [5.41, 5.74) is 2.46. The van der Waals surface area contributed by atoms with Crippen molar-refractivity contribution in [2.45, 2.75) is 13.5 Å². The Morgan fingerprint density at radius 1 is 1.04 bits per heavy atom. The number of hydrogen-bond donors (Lipinski definition) is 1. The number of benzene rings is 2. The van der Waals surface area contributed by atoms with Crippen molar-refractivity contribution in [3.05, 3.63) is 77.4 Å². The van der Waals surface area contributed by atoms with Gasteiger partial charge in [-0.05, 0) is 36.3 Å². The van der Waals surface area contributed by atoms with Crippen molar-refractivity contribution in [3.63, 3.8) is 0 Å². The first-order chi connectivity index (χ1) is 11.2. The van der Waals surface area contributed by atoms with Crippen LogP contribution in [0.4, 0.5) is 0 Å². The van der Waals surface area contributed by atoms with E-state index in [4.69, 9.17) is 4.74 Å². The third kappa shape index (κ3) is 5.43. The molecule has 0 atom stereocenters. The molecule has 1 N–H and O–H groups in total. The van der Waals surface area contributed by atoms with Gasteiger partial charge in [0.25, 0.3) is 5.91 Å². The molecule has 0 aliphatic rings. The molecule has 0 aromatic heterocycles. The molecule has 0 saturated heterocycles. The monoisotopic (exact) mass is 309 g/mol. The molecule has 0 saturated carbocycles. The average molecular weight is 309 g/mol. The first-order valence-corrected chi connectivity index (χ1v) is 7.46. The minimum Gasteiger partial charge on any atom is -0.463 e. The largest absolute Gasteiger partial charge is 0.463 e. The molecule has 0 unspecified atom stereocenters. The summed E-state index contributed by atoms with van der Waals surface area (Å²) in [5.74, 6) is -0.507. The zero-order valence-corrected chi connectivity index (χ0v) is 13.0. The lowest BCUT2D eigenvalue weighted by Gasteiger charge is -2.05. The Bertz CT molecular complexity index is 676. The van der Waals surface area contributed by atoms with Crippen LogP contribution in [-0.2, 0) is 16.1 Å². The van der Waals surface area contributed by atoms with Gasteiger partial charge in [-0.25, -0.2) is 4.79 Å². The number of amides is 1. The van der Waals surface area contributed by atoms with E-state index in [9.17, 15) is 9.59 Å². The highest BCUT2D eigenvalue weighted by atomic mass is 16.5. The summed E-state index contributed by atoms with van der Waals surface area (Å²) < 4.78 is 4.81. The van der Waals surface area contributed by atoms with Gasteiger partial charge in [-0.3, -0.25) is 4.79 Å². The fraction of sp³-hybridized carbons (Fsp3) is 0.158. The number of nitrogens with one attached hydrogen (secondary N) is 1. The molecule has 4 nitrogen and oxygen atoms in total. The van der Waals surface area contributed by atoms with Crippen molar-refractivity contribution < 1.29 is 14.3 Å². The standard InChI is InChI=1S/C19H19NO3/c1-2-23-18(21)13-10-15-8-11-17(12-9-15)19(22)20-14-16-6-4-3-5-7-16/h3-13H,2,14H2,1H3,(H,20,22). The molecule has 4 heteroatoms. The van der Waals surface area contributed by atoms with E-state index in [1.807, 2.05) is 30.3 Å². The zero-order chi connectivity index (χ0) is 16.5. The molecule has 0 heterocycles. The number of esters is 1. The number of hydrogen-bond acceptors (Lipinski definition) is 3.